The Morgan fingerprint density at radius 2 is 1.95 bits per heavy atom. The zero-order chi connectivity index (χ0) is 14.3. The van der Waals surface area contributed by atoms with E-state index in [1.54, 1.807) is 42.2 Å². The lowest BCUT2D eigenvalue weighted by Crippen LogP contribution is -2.30. The van der Waals surface area contributed by atoms with Crippen molar-refractivity contribution in [1.82, 2.24) is 4.90 Å². The van der Waals surface area contributed by atoms with Gasteiger partial charge in [0.25, 0.3) is 5.91 Å². The molecule has 0 atom stereocenters. The van der Waals surface area contributed by atoms with E-state index in [2.05, 4.69) is 5.32 Å². The Kier molecular flexibility index (Phi) is 5.79. The number of anilines is 1. The fourth-order valence-electron chi connectivity index (χ4n) is 1.76. The molecule has 0 saturated heterocycles. The summed E-state index contributed by atoms with van der Waals surface area (Å²) in [7, 11) is 0. The van der Waals surface area contributed by atoms with Crippen LogP contribution in [0.3, 0.4) is 0 Å². The summed E-state index contributed by atoms with van der Waals surface area (Å²) in [6.07, 6.45) is 3.11. The average Bonchev–Trinajstić information content (AvgIpc) is 2.40. The molecule has 102 valence electrons. The molecule has 1 rings (SSSR count). The molecule has 2 amide bonds. The van der Waals surface area contributed by atoms with Crippen LogP contribution in [-0.2, 0) is 4.79 Å². The molecule has 0 spiro atoms. The number of nitrogens with zero attached hydrogens (tertiary/aromatic N) is 1. The first-order valence-corrected chi connectivity index (χ1v) is 6.45. The molecule has 0 aromatic heterocycles. The highest BCUT2D eigenvalue weighted by atomic mass is 16.2. The lowest BCUT2D eigenvalue weighted by atomic mass is 10.1. The molecule has 0 aliphatic carbocycles. The van der Waals surface area contributed by atoms with Crippen LogP contribution in [0.1, 0.15) is 31.1 Å². The number of carbonyl (C=O) groups is 2. The maximum absolute atomic E-state index is 12.2. The Labute approximate surface area is 114 Å². The highest BCUT2D eigenvalue weighted by molar-refractivity contribution is 6.01. The fourth-order valence-corrected chi connectivity index (χ4v) is 1.76. The summed E-state index contributed by atoms with van der Waals surface area (Å²) in [6.45, 7) is 7.01. The third kappa shape index (κ3) is 4.25. The van der Waals surface area contributed by atoms with Crippen molar-refractivity contribution in [3.8, 4) is 0 Å². The molecule has 4 nitrogen and oxygen atoms in total. The summed E-state index contributed by atoms with van der Waals surface area (Å²) in [6, 6.07) is 6.98. The van der Waals surface area contributed by atoms with Crippen molar-refractivity contribution in [1.29, 1.82) is 0 Å². The predicted octanol–water partition coefficient (Wildman–Crippen LogP) is 2.68. The quantitative estimate of drug-likeness (QED) is 0.827. The van der Waals surface area contributed by atoms with Gasteiger partial charge in [0.1, 0.15) is 0 Å². The molecule has 0 aliphatic heterocycles. The molecule has 0 fully saturated rings. The van der Waals surface area contributed by atoms with Gasteiger partial charge < -0.3 is 10.2 Å². The van der Waals surface area contributed by atoms with E-state index in [-0.39, 0.29) is 11.8 Å². The van der Waals surface area contributed by atoms with E-state index < -0.39 is 0 Å². The molecule has 19 heavy (non-hydrogen) atoms. The Morgan fingerprint density at radius 1 is 1.26 bits per heavy atom. The molecular weight excluding hydrogens is 240 g/mol. The topological polar surface area (TPSA) is 49.4 Å². The second-order valence-corrected chi connectivity index (χ2v) is 4.05. The second kappa shape index (κ2) is 7.36. The third-order valence-electron chi connectivity index (χ3n) is 2.75. The van der Waals surface area contributed by atoms with Gasteiger partial charge in [0.15, 0.2) is 0 Å². The van der Waals surface area contributed by atoms with Crippen LogP contribution in [0.25, 0.3) is 0 Å². The summed E-state index contributed by atoms with van der Waals surface area (Å²) in [5.41, 5.74) is 1.21. The van der Waals surface area contributed by atoms with Crippen LogP contribution in [-0.4, -0.2) is 29.8 Å². The molecule has 0 aliphatic rings. The van der Waals surface area contributed by atoms with Crippen molar-refractivity contribution < 1.29 is 9.59 Å². The Morgan fingerprint density at radius 3 is 2.53 bits per heavy atom. The molecule has 0 unspecified atom stereocenters. The van der Waals surface area contributed by atoms with Crippen molar-refractivity contribution in [2.45, 2.75) is 20.8 Å². The van der Waals surface area contributed by atoms with Crippen molar-refractivity contribution >= 4 is 17.5 Å². The van der Waals surface area contributed by atoms with Crippen molar-refractivity contribution in [2.75, 3.05) is 18.4 Å². The summed E-state index contributed by atoms with van der Waals surface area (Å²) >= 11 is 0. The van der Waals surface area contributed by atoms with Gasteiger partial charge in [-0.05, 0) is 45.0 Å². The van der Waals surface area contributed by atoms with Crippen molar-refractivity contribution in [3.63, 3.8) is 0 Å². The molecule has 0 radical (unpaired) electrons. The minimum atomic E-state index is -0.199. The zero-order valence-corrected chi connectivity index (χ0v) is 11.6. The summed E-state index contributed by atoms with van der Waals surface area (Å²) in [5.74, 6) is -0.220. The monoisotopic (exact) mass is 260 g/mol. The van der Waals surface area contributed by atoms with E-state index in [1.165, 1.54) is 6.08 Å². The first-order valence-electron chi connectivity index (χ1n) is 6.45. The summed E-state index contributed by atoms with van der Waals surface area (Å²) < 4.78 is 0. The molecule has 1 N–H and O–H groups in total. The maximum atomic E-state index is 12.2. The third-order valence-corrected chi connectivity index (χ3v) is 2.75. The largest absolute Gasteiger partial charge is 0.339 e. The smallest absolute Gasteiger partial charge is 0.253 e. The lowest BCUT2D eigenvalue weighted by molar-refractivity contribution is -0.111. The van der Waals surface area contributed by atoms with Gasteiger partial charge in [-0.1, -0.05) is 12.1 Å². The standard InChI is InChI=1S/C15H20N2O2/c1-4-8-14(18)16-13-10-7-9-12(11-13)15(19)17(5-2)6-3/h4,7-11H,5-6H2,1-3H3,(H,16,18)/b8-4+. The fraction of sp³-hybridized carbons (Fsp3) is 0.333. The highest BCUT2D eigenvalue weighted by Gasteiger charge is 2.12. The van der Waals surface area contributed by atoms with Gasteiger partial charge in [-0.25, -0.2) is 0 Å². The molecule has 0 heterocycles. The van der Waals surface area contributed by atoms with Gasteiger partial charge in [0.05, 0.1) is 0 Å². The lowest BCUT2D eigenvalue weighted by Gasteiger charge is -2.18. The predicted molar refractivity (Wildman–Crippen MR) is 77.1 cm³/mol. The van der Waals surface area contributed by atoms with E-state index >= 15 is 0 Å². The van der Waals surface area contributed by atoms with Crippen LogP contribution in [0.4, 0.5) is 5.69 Å². The van der Waals surface area contributed by atoms with Crippen molar-refractivity contribution in [3.05, 3.63) is 42.0 Å². The van der Waals surface area contributed by atoms with Gasteiger partial charge >= 0.3 is 0 Å². The van der Waals surface area contributed by atoms with Crippen LogP contribution in [0.5, 0.6) is 0 Å². The number of rotatable bonds is 5. The Balaban J connectivity index is 2.88. The number of nitrogens with one attached hydrogen (secondary N) is 1. The number of allylic oxidation sites excluding steroid dienone is 1. The molecule has 4 heteroatoms. The van der Waals surface area contributed by atoms with Gasteiger partial charge in [-0.15, -0.1) is 0 Å². The van der Waals surface area contributed by atoms with Gasteiger partial charge in [-0.2, -0.15) is 0 Å². The van der Waals surface area contributed by atoms with Gasteiger partial charge in [0.2, 0.25) is 5.91 Å². The number of hydrogen-bond donors (Lipinski definition) is 1. The molecule has 1 aromatic carbocycles. The molecule has 0 bridgehead atoms. The Bertz CT molecular complexity index is 477. The van der Waals surface area contributed by atoms with Crippen LogP contribution < -0.4 is 5.32 Å². The van der Waals surface area contributed by atoms with E-state index in [0.29, 0.717) is 24.3 Å². The second-order valence-electron chi connectivity index (χ2n) is 4.05. The summed E-state index contributed by atoms with van der Waals surface area (Å²) in [4.78, 5) is 25.4. The van der Waals surface area contributed by atoms with E-state index in [9.17, 15) is 9.59 Å². The highest BCUT2D eigenvalue weighted by Crippen LogP contribution is 2.13. The van der Waals surface area contributed by atoms with E-state index in [0.717, 1.165) is 0 Å². The first kappa shape index (κ1) is 15.0. The first-order chi connectivity index (χ1) is 9.12. The molecule has 0 saturated carbocycles. The van der Waals surface area contributed by atoms with Gasteiger partial charge in [-0.3, -0.25) is 9.59 Å². The SMILES string of the molecule is C/C=C/C(=O)Nc1cccc(C(=O)N(CC)CC)c1. The molecule has 1 aromatic rings. The normalized spacial score (nSPS) is 10.5. The minimum Gasteiger partial charge on any atom is -0.339 e. The minimum absolute atomic E-state index is 0.0212. The zero-order valence-electron chi connectivity index (χ0n) is 11.6. The van der Waals surface area contributed by atoms with Crippen LogP contribution >= 0.6 is 0 Å². The number of carbonyl (C=O) groups excluding carboxylic acids is 2. The number of benzene rings is 1. The van der Waals surface area contributed by atoms with E-state index in [4.69, 9.17) is 0 Å². The van der Waals surface area contributed by atoms with Crippen LogP contribution in [0.15, 0.2) is 36.4 Å². The van der Waals surface area contributed by atoms with Crippen LogP contribution in [0, 0.1) is 0 Å². The average molecular weight is 260 g/mol. The number of amides is 2. The molecular formula is C15H20N2O2. The van der Waals surface area contributed by atoms with Crippen molar-refractivity contribution in [2.24, 2.45) is 0 Å². The van der Waals surface area contributed by atoms with Gasteiger partial charge in [0, 0.05) is 24.3 Å². The summed E-state index contributed by atoms with van der Waals surface area (Å²) in [5, 5.41) is 2.72. The van der Waals surface area contributed by atoms with E-state index in [1.807, 2.05) is 13.8 Å². The Hall–Kier alpha value is -2.10. The number of hydrogen-bond acceptors (Lipinski definition) is 2. The van der Waals surface area contributed by atoms with Crippen LogP contribution in [0.2, 0.25) is 0 Å². The maximum Gasteiger partial charge on any atom is 0.253 e.